The number of nitrogens with zero attached hydrogens (tertiary/aromatic N) is 1. The molecule has 19 heavy (non-hydrogen) atoms. The summed E-state index contributed by atoms with van der Waals surface area (Å²) < 4.78 is 22.8. The maximum atomic E-state index is 12.2. The summed E-state index contributed by atoms with van der Waals surface area (Å²) in [4.78, 5) is 13.7. The molecule has 1 aromatic rings. The zero-order valence-electron chi connectivity index (χ0n) is 11.5. The zero-order valence-corrected chi connectivity index (χ0v) is 13.9. The molecule has 0 fully saturated rings. The number of sulfone groups is 1. The first-order valence-corrected chi connectivity index (χ1v) is 8.44. The molecule has 0 aliphatic heterocycles. The van der Waals surface area contributed by atoms with Gasteiger partial charge >= 0.3 is 0 Å². The topological polar surface area (TPSA) is 54.5 Å². The van der Waals surface area contributed by atoms with Crippen LogP contribution in [0.2, 0.25) is 0 Å². The highest BCUT2D eigenvalue weighted by molar-refractivity contribution is 9.10. The van der Waals surface area contributed by atoms with Crippen LogP contribution in [0.1, 0.15) is 19.4 Å². The lowest BCUT2D eigenvalue weighted by molar-refractivity contribution is -0.132. The highest BCUT2D eigenvalue weighted by atomic mass is 79.9. The van der Waals surface area contributed by atoms with Gasteiger partial charge < -0.3 is 4.90 Å². The van der Waals surface area contributed by atoms with Crippen LogP contribution in [0, 0.1) is 0 Å². The van der Waals surface area contributed by atoms with Gasteiger partial charge in [0.1, 0.15) is 4.75 Å². The Hall–Kier alpha value is -0.880. The van der Waals surface area contributed by atoms with Crippen LogP contribution in [0.15, 0.2) is 28.7 Å². The van der Waals surface area contributed by atoms with Gasteiger partial charge in [-0.3, -0.25) is 4.79 Å². The highest BCUT2D eigenvalue weighted by Crippen LogP contribution is 2.19. The number of amides is 1. The zero-order chi connectivity index (χ0) is 14.8. The van der Waals surface area contributed by atoms with Crippen LogP contribution in [-0.2, 0) is 21.2 Å². The first-order valence-electron chi connectivity index (χ1n) is 5.75. The Bertz CT molecular complexity index is 564. The van der Waals surface area contributed by atoms with Gasteiger partial charge in [0.25, 0.3) is 0 Å². The van der Waals surface area contributed by atoms with Crippen molar-refractivity contribution in [2.45, 2.75) is 25.1 Å². The van der Waals surface area contributed by atoms with Crippen molar-refractivity contribution in [3.8, 4) is 0 Å². The van der Waals surface area contributed by atoms with E-state index in [2.05, 4.69) is 15.9 Å². The maximum Gasteiger partial charge on any atom is 0.243 e. The van der Waals surface area contributed by atoms with E-state index >= 15 is 0 Å². The summed E-state index contributed by atoms with van der Waals surface area (Å²) in [6.07, 6.45) is 1.08. The first-order chi connectivity index (χ1) is 8.55. The summed E-state index contributed by atoms with van der Waals surface area (Å²) in [6.45, 7) is 3.25. The number of halogens is 1. The van der Waals surface area contributed by atoms with E-state index in [0.717, 1.165) is 16.3 Å². The summed E-state index contributed by atoms with van der Waals surface area (Å²) in [7, 11) is -1.84. The third kappa shape index (κ3) is 3.79. The Morgan fingerprint density at radius 1 is 1.26 bits per heavy atom. The predicted octanol–water partition coefficient (Wildman–Crippen LogP) is 2.23. The minimum atomic E-state index is -3.44. The molecule has 4 nitrogen and oxygen atoms in total. The van der Waals surface area contributed by atoms with E-state index in [4.69, 9.17) is 0 Å². The second-order valence-corrected chi connectivity index (χ2v) is 8.55. The normalized spacial score (nSPS) is 12.3. The molecule has 0 aliphatic rings. The quantitative estimate of drug-likeness (QED) is 0.839. The van der Waals surface area contributed by atoms with Crippen molar-refractivity contribution in [2.75, 3.05) is 13.3 Å². The van der Waals surface area contributed by atoms with E-state index in [1.54, 1.807) is 7.05 Å². The van der Waals surface area contributed by atoms with Crippen molar-refractivity contribution in [1.82, 2.24) is 4.90 Å². The first kappa shape index (κ1) is 16.2. The SMILES string of the molecule is CN(Cc1ccc(Br)cc1)C(=O)C(C)(C)S(C)(=O)=O. The van der Waals surface area contributed by atoms with E-state index < -0.39 is 20.5 Å². The van der Waals surface area contributed by atoms with Gasteiger partial charge in [0.05, 0.1) is 0 Å². The molecule has 0 saturated carbocycles. The van der Waals surface area contributed by atoms with Crippen LogP contribution in [0.3, 0.4) is 0 Å². The molecule has 0 aromatic heterocycles. The van der Waals surface area contributed by atoms with Crippen LogP contribution >= 0.6 is 15.9 Å². The second-order valence-electron chi connectivity index (χ2n) is 5.07. The summed E-state index contributed by atoms with van der Waals surface area (Å²) in [6, 6.07) is 7.55. The Balaban J connectivity index is 2.87. The monoisotopic (exact) mass is 347 g/mol. The van der Waals surface area contributed by atoms with Crippen LogP contribution in [0.25, 0.3) is 0 Å². The lowest BCUT2D eigenvalue weighted by atomic mass is 10.1. The van der Waals surface area contributed by atoms with Crippen LogP contribution in [-0.4, -0.2) is 37.3 Å². The number of carbonyl (C=O) groups excluding carboxylic acids is 1. The molecule has 0 unspecified atom stereocenters. The molecule has 1 rings (SSSR count). The van der Waals surface area contributed by atoms with Gasteiger partial charge in [-0.15, -0.1) is 0 Å². The fourth-order valence-corrected chi connectivity index (χ4v) is 2.29. The molecule has 0 N–H and O–H groups in total. The smallest absolute Gasteiger partial charge is 0.243 e. The lowest BCUT2D eigenvalue weighted by Gasteiger charge is -2.27. The van der Waals surface area contributed by atoms with Gasteiger partial charge in [0.15, 0.2) is 9.84 Å². The minimum absolute atomic E-state index is 0.380. The molecule has 0 radical (unpaired) electrons. The summed E-state index contributed by atoms with van der Waals surface area (Å²) in [5, 5.41) is 0. The van der Waals surface area contributed by atoms with E-state index in [0.29, 0.717) is 6.54 Å². The van der Waals surface area contributed by atoms with Gasteiger partial charge in [0, 0.05) is 24.3 Å². The Kier molecular flexibility index (Phi) is 4.79. The Labute approximate surface area is 122 Å². The fourth-order valence-electron chi connectivity index (χ4n) is 1.55. The molecule has 6 heteroatoms. The minimum Gasteiger partial charge on any atom is -0.340 e. The van der Waals surface area contributed by atoms with Crippen LogP contribution in [0.5, 0.6) is 0 Å². The van der Waals surface area contributed by atoms with Gasteiger partial charge in [-0.2, -0.15) is 0 Å². The molecular formula is C13H18BrNO3S. The largest absolute Gasteiger partial charge is 0.340 e. The molecule has 1 aromatic carbocycles. The molecule has 0 spiro atoms. The molecule has 0 atom stereocenters. The van der Waals surface area contributed by atoms with Crippen molar-refractivity contribution in [3.05, 3.63) is 34.3 Å². The third-order valence-corrected chi connectivity index (χ3v) is 5.68. The van der Waals surface area contributed by atoms with Crippen molar-refractivity contribution in [3.63, 3.8) is 0 Å². The van der Waals surface area contributed by atoms with Gasteiger partial charge in [-0.05, 0) is 31.5 Å². The van der Waals surface area contributed by atoms with Crippen molar-refractivity contribution >= 4 is 31.7 Å². The highest BCUT2D eigenvalue weighted by Gasteiger charge is 2.40. The standard InChI is InChI=1S/C13H18BrNO3S/c1-13(2,19(4,17)18)12(16)15(3)9-10-5-7-11(14)8-6-10/h5-8H,9H2,1-4H3. The lowest BCUT2D eigenvalue weighted by Crippen LogP contribution is -2.47. The third-order valence-electron chi connectivity index (χ3n) is 3.12. The van der Waals surface area contributed by atoms with Crippen LogP contribution < -0.4 is 0 Å². The number of carbonyl (C=O) groups is 1. The van der Waals surface area contributed by atoms with E-state index in [1.165, 1.54) is 18.7 Å². The molecular weight excluding hydrogens is 330 g/mol. The summed E-state index contributed by atoms with van der Waals surface area (Å²) in [5.41, 5.74) is 0.948. The molecule has 0 heterocycles. The Morgan fingerprint density at radius 3 is 2.16 bits per heavy atom. The van der Waals surface area contributed by atoms with Crippen molar-refractivity contribution in [1.29, 1.82) is 0 Å². The number of hydrogen-bond acceptors (Lipinski definition) is 3. The van der Waals surface area contributed by atoms with Gasteiger partial charge in [-0.25, -0.2) is 8.42 Å². The average molecular weight is 348 g/mol. The summed E-state index contributed by atoms with van der Waals surface area (Å²) in [5.74, 6) is -0.405. The number of hydrogen-bond donors (Lipinski definition) is 0. The number of benzene rings is 1. The van der Waals surface area contributed by atoms with Crippen molar-refractivity contribution < 1.29 is 13.2 Å². The van der Waals surface area contributed by atoms with Gasteiger partial charge in [-0.1, -0.05) is 28.1 Å². The van der Waals surface area contributed by atoms with Crippen molar-refractivity contribution in [2.24, 2.45) is 0 Å². The van der Waals surface area contributed by atoms with E-state index in [-0.39, 0.29) is 0 Å². The summed E-state index contributed by atoms with van der Waals surface area (Å²) >= 11 is 3.34. The average Bonchev–Trinajstić information content (AvgIpc) is 2.29. The molecule has 0 bridgehead atoms. The van der Waals surface area contributed by atoms with Gasteiger partial charge in [0.2, 0.25) is 5.91 Å². The molecule has 1 amide bonds. The molecule has 0 aliphatic carbocycles. The fraction of sp³-hybridized carbons (Fsp3) is 0.462. The maximum absolute atomic E-state index is 12.2. The molecule has 106 valence electrons. The Morgan fingerprint density at radius 2 is 1.74 bits per heavy atom. The van der Waals surface area contributed by atoms with Crippen LogP contribution in [0.4, 0.5) is 0 Å². The number of rotatable bonds is 4. The predicted molar refractivity (Wildman–Crippen MR) is 79.5 cm³/mol. The van der Waals surface area contributed by atoms with E-state index in [9.17, 15) is 13.2 Å². The molecule has 0 saturated heterocycles. The van der Waals surface area contributed by atoms with E-state index in [1.807, 2.05) is 24.3 Å². The second kappa shape index (κ2) is 5.63.